The normalized spacial score (nSPS) is 24.6. The van der Waals surface area contributed by atoms with E-state index < -0.39 is 0 Å². The van der Waals surface area contributed by atoms with E-state index in [1.165, 1.54) is 11.1 Å². The van der Waals surface area contributed by atoms with Gasteiger partial charge in [-0.2, -0.15) is 0 Å². The van der Waals surface area contributed by atoms with E-state index in [1.54, 1.807) is 0 Å². The zero-order valence-corrected chi connectivity index (χ0v) is 15.0. The predicted molar refractivity (Wildman–Crippen MR) is 94.0 cm³/mol. The maximum absolute atomic E-state index is 12.5. The molecule has 0 amide bonds. The second-order valence-corrected chi connectivity index (χ2v) is 6.85. The molecule has 0 aliphatic carbocycles. The van der Waals surface area contributed by atoms with Crippen LogP contribution < -0.4 is 17.1 Å². The molecule has 4 heteroatoms. The summed E-state index contributed by atoms with van der Waals surface area (Å²) in [5, 5.41) is 0. The van der Waals surface area contributed by atoms with E-state index in [0.717, 1.165) is 38.1 Å². The third-order valence-electron chi connectivity index (χ3n) is 5.30. The molecule has 2 aromatic rings. The molecule has 3 aliphatic rings. The molecule has 0 spiro atoms. The average molecular weight is 357 g/mol. The third-order valence-corrected chi connectivity index (χ3v) is 5.30. The van der Waals surface area contributed by atoms with Crippen LogP contribution in [-0.2, 0) is 17.8 Å². The minimum Gasteiger partial charge on any atom is -1.00 e. The summed E-state index contributed by atoms with van der Waals surface area (Å²) in [6.45, 7) is 2.75. The maximum atomic E-state index is 12.5. The summed E-state index contributed by atoms with van der Waals surface area (Å²) in [4.78, 5) is 14.8. The van der Waals surface area contributed by atoms with Crippen LogP contribution in [0.4, 0.5) is 0 Å². The lowest BCUT2D eigenvalue weighted by atomic mass is 9.80. The first-order chi connectivity index (χ1) is 11.8. The van der Waals surface area contributed by atoms with Crippen LogP contribution in [0.15, 0.2) is 54.6 Å². The van der Waals surface area contributed by atoms with E-state index >= 15 is 0 Å². The first-order valence-corrected chi connectivity index (χ1v) is 8.83. The van der Waals surface area contributed by atoms with E-state index in [2.05, 4.69) is 29.2 Å². The summed E-state index contributed by atoms with van der Waals surface area (Å²) in [6, 6.07) is 18.5. The van der Waals surface area contributed by atoms with Gasteiger partial charge in [0.1, 0.15) is 12.4 Å². The van der Waals surface area contributed by atoms with Crippen molar-refractivity contribution in [1.29, 1.82) is 0 Å². The highest BCUT2D eigenvalue weighted by atomic mass is 35.5. The number of carbonyl (C=O) groups excluding carboxylic acids is 1. The molecule has 3 heterocycles. The Morgan fingerprint density at radius 2 is 1.60 bits per heavy atom. The second-order valence-electron chi connectivity index (χ2n) is 6.85. The minimum atomic E-state index is 0. The molecule has 3 aliphatic heterocycles. The van der Waals surface area contributed by atoms with Gasteiger partial charge in [-0.3, -0.25) is 9.69 Å². The molecule has 132 valence electrons. The third kappa shape index (κ3) is 4.05. The monoisotopic (exact) mass is 356 g/mol. The summed E-state index contributed by atoms with van der Waals surface area (Å²) in [5.41, 5.74) is 2.38. The van der Waals surface area contributed by atoms with Crippen molar-refractivity contribution in [1.82, 2.24) is 4.90 Å². The Kier molecular flexibility index (Phi) is 5.77. The Balaban J connectivity index is 0.00000182. The quantitative estimate of drug-likeness (QED) is 0.780. The zero-order valence-electron chi connectivity index (χ0n) is 14.2. The van der Waals surface area contributed by atoms with Gasteiger partial charge >= 0.3 is 0 Å². The van der Waals surface area contributed by atoms with E-state index in [0.29, 0.717) is 18.3 Å². The molecule has 3 saturated heterocycles. The first-order valence-electron chi connectivity index (χ1n) is 8.83. The van der Waals surface area contributed by atoms with Crippen molar-refractivity contribution in [2.45, 2.75) is 31.9 Å². The van der Waals surface area contributed by atoms with Crippen molar-refractivity contribution < 1.29 is 21.9 Å². The van der Waals surface area contributed by atoms with Gasteiger partial charge in [0.15, 0.2) is 5.78 Å². The molecule has 3 fully saturated rings. The number of fused-ring (bicyclic) bond motifs is 3. The Labute approximate surface area is 155 Å². The Hall–Kier alpha value is -1.84. The summed E-state index contributed by atoms with van der Waals surface area (Å²) < 4.78 is 5.83. The molecule has 1 unspecified atom stereocenters. The molecule has 0 saturated carbocycles. The average Bonchev–Trinajstić information content (AvgIpc) is 2.65. The second kappa shape index (κ2) is 8.03. The Morgan fingerprint density at radius 3 is 2.24 bits per heavy atom. The SMILES string of the molecule is O=C1C2CCN(CC2)C1Cc1ccc(OCc2ccccc2)cc1.[Cl-]. The molecule has 5 rings (SSSR count). The molecule has 2 bridgehead atoms. The van der Waals surface area contributed by atoms with Crippen molar-refractivity contribution in [3.63, 3.8) is 0 Å². The van der Waals surface area contributed by atoms with E-state index in [4.69, 9.17) is 4.74 Å². The van der Waals surface area contributed by atoms with Crippen molar-refractivity contribution in [3.8, 4) is 5.75 Å². The number of hydrogen-bond donors (Lipinski definition) is 0. The largest absolute Gasteiger partial charge is 1.00 e. The molecule has 0 aromatic heterocycles. The van der Waals surface area contributed by atoms with Crippen molar-refractivity contribution >= 4 is 5.78 Å². The van der Waals surface area contributed by atoms with E-state index in [-0.39, 0.29) is 18.4 Å². The topological polar surface area (TPSA) is 29.5 Å². The highest BCUT2D eigenvalue weighted by Gasteiger charge is 2.40. The molecule has 1 atom stereocenters. The fourth-order valence-corrected chi connectivity index (χ4v) is 3.86. The van der Waals surface area contributed by atoms with Crippen LogP contribution in [-0.4, -0.2) is 29.8 Å². The lowest BCUT2D eigenvalue weighted by molar-refractivity contribution is -0.136. The van der Waals surface area contributed by atoms with Crippen LogP contribution in [0.25, 0.3) is 0 Å². The summed E-state index contributed by atoms with van der Waals surface area (Å²) in [6.07, 6.45) is 2.94. The number of ether oxygens (including phenoxy) is 1. The van der Waals surface area contributed by atoms with Gasteiger partial charge in [0.05, 0.1) is 6.04 Å². The molecular weight excluding hydrogens is 334 g/mol. The number of piperidine rings is 3. The Bertz CT molecular complexity index is 694. The lowest BCUT2D eigenvalue weighted by Gasteiger charge is -2.44. The van der Waals surface area contributed by atoms with Gasteiger partial charge in [-0.25, -0.2) is 0 Å². The first kappa shape index (κ1) is 18.0. The zero-order chi connectivity index (χ0) is 16.4. The van der Waals surface area contributed by atoms with Gasteiger partial charge in [0, 0.05) is 5.92 Å². The van der Waals surface area contributed by atoms with Gasteiger partial charge in [0.2, 0.25) is 0 Å². The Morgan fingerprint density at radius 1 is 0.920 bits per heavy atom. The van der Waals surface area contributed by atoms with Crippen LogP contribution >= 0.6 is 0 Å². The lowest BCUT2D eigenvalue weighted by Crippen LogP contribution is -3.00. The molecule has 0 N–H and O–H groups in total. The fraction of sp³-hybridized carbons (Fsp3) is 0.381. The fourth-order valence-electron chi connectivity index (χ4n) is 3.86. The van der Waals surface area contributed by atoms with Crippen LogP contribution in [0.1, 0.15) is 24.0 Å². The molecule has 25 heavy (non-hydrogen) atoms. The van der Waals surface area contributed by atoms with Gasteiger partial charge in [0.25, 0.3) is 0 Å². The number of nitrogens with zero attached hydrogens (tertiary/aromatic N) is 1. The summed E-state index contributed by atoms with van der Waals surface area (Å²) >= 11 is 0. The number of benzene rings is 2. The van der Waals surface area contributed by atoms with Crippen LogP contribution in [0.3, 0.4) is 0 Å². The minimum absolute atomic E-state index is 0. The molecular formula is C21H23ClNO2-. The van der Waals surface area contributed by atoms with Gasteiger partial charge in [-0.15, -0.1) is 0 Å². The number of hydrogen-bond acceptors (Lipinski definition) is 3. The number of rotatable bonds is 5. The number of Topliss-reactive ketones (excluding diaryl/α,β-unsaturated/α-hetero) is 1. The highest BCUT2D eigenvalue weighted by Crippen LogP contribution is 2.30. The van der Waals surface area contributed by atoms with Gasteiger partial charge < -0.3 is 17.1 Å². The summed E-state index contributed by atoms with van der Waals surface area (Å²) in [5.74, 6) is 1.64. The van der Waals surface area contributed by atoms with Crippen LogP contribution in [0.2, 0.25) is 0 Å². The van der Waals surface area contributed by atoms with Crippen LogP contribution in [0, 0.1) is 5.92 Å². The van der Waals surface area contributed by atoms with E-state index in [9.17, 15) is 4.79 Å². The number of ketones is 1. The van der Waals surface area contributed by atoms with Gasteiger partial charge in [-0.05, 0) is 55.6 Å². The van der Waals surface area contributed by atoms with E-state index in [1.807, 2.05) is 30.3 Å². The summed E-state index contributed by atoms with van der Waals surface area (Å²) in [7, 11) is 0. The highest BCUT2D eigenvalue weighted by molar-refractivity contribution is 5.88. The van der Waals surface area contributed by atoms with Crippen molar-refractivity contribution in [2.24, 2.45) is 5.92 Å². The molecule has 2 aromatic carbocycles. The van der Waals surface area contributed by atoms with Gasteiger partial charge in [-0.1, -0.05) is 42.5 Å². The predicted octanol–water partition coefficient (Wildman–Crippen LogP) is 0.475. The number of carbonyl (C=O) groups is 1. The smallest absolute Gasteiger partial charge is 0.153 e. The van der Waals surface area contributed by atoms with Crippen molar-refractivity contribution in [3.05, 3.63) is 65.7 Å². The van der Waals surface area contributed by atoms with Crippen molar-refractivity contribution in [2.75, 3.05) is 13.1 Å². The molecule has 3 nitrogen and oxygen atoms in total. The van der Waals surface area contributed by atoms with Crippen LogP contribution in [0.5, 0.6) is 5.75 Å². The molecule has 0 radical (unpaired) electrons. The number of halogens is 1. The standard InChI is InChI=1S/C21H23NO2.ClH/c23-21-18-10-12-22(13-11-18)20(21)14-16-6-8-19(9-7-16)24-15-17-4-2-1-3-5-17;/h1-9,18,20H,10-15H2;1H/p-1. The maximum Gasteiger partial charge on any atom is 0.153 e.